The van der Waals surface area contributed by atoms with Crippen molar-refractivity contribution in [2.45, 2.75) is 51.7 Å². The Morgan fingerprint density at radius 3 is 2.72 bits per heavy atom. The van der Waals surface area contributed by atoms with Crippen molar-refractivity contribution in [1.29, 1.82) is 0 Å². The standard InChI is InChI=1S/C13H21N3O2/c1-9-4-3-5-10(2)16(9)8-11-6-7-12(18-11)13(17)15-14/h6-7,9-10H,3-5,8,14H2,1-2H3,(H,15,17)/t9-,10+. The molecule has 18 heavy (non-hydrogen) atoms. The van der Waals surface area contributed by atoms with Crippen molar-refractivity contribution in [3.05, 3.63) is 23.7 Å². The van der Waals surface area contributed by atoms with Crippen LogP contribution in [0.4, 0.5) is 0 Å². The first-order valence-electron chi connectivity index (χ1n) is 6.47. The van der Waals surface area contributed by atoms with Gasteiger partial charge in [0.15, 0.2) is 5.76 Å². The summed E-state index contributed by atoms with van der Waals surface area (Å²) in [4.78, 5) is 13.7. The Morgan fingerprint density at radius 2 is 2.11 bits per heavy atom. The highest BCUT2D eigenvalue weighted by molar-refractivity contribution is 5.90. The van der Waals surface area contributed by atoms with Gasteiger partial charge in [-0.3, -0.25) is 15.1 Å². The average molecular weight is 251 g/mol. The molecule has 5 heteroatoms. The molecule has 3 N–H and O–H groups in total. The summed E-state index contributed by atoms with van der Waals surface area (Å²) in [7, 11) is 0. The summed E-state index contributed by atoms with van der Waals surface area (Å²) >= 11 is 0. The predicted molar refractivity (Wildman–Crippen MR) is 68.7 cm³/mol. The van der Waals surface area contributed by atoms with Gasteiger partial charge in [-0.1, -0.05) is 6.42 Å². The van der Waals surface area contributed by atoms with Crippen LogP contribution in [-0.4, -0.2) is 22.9 Å². The molecule has 1 amide bonds. The molecule has 1 aliphatic heterocycles. The van der Waals surface area contributed by atoms with Gasteiger partial charge < -0.3 is 4.42 Å². The minimum atomic E-state index is -0.388. The summed E-state index contributed by atoms with van der Waals surface area (Å²) in [6.45, 7) is 5.23. The Labute approximate surface area is 107 Å². The van der Waals surface area contributed by atoms with Crippen LogP contribution in [0.15, 0.2) is 16.5 Å². The molecule has 1 saturated heterocycles. The van der Waals surface area contributed by atoms with Gasteiger partial charge in [0, 0.05) is 12.1 Å². The van der Waals surface area contributed by atoms with E-state index < -0.39 is 0 Å². The molecule has 1 aromatic rings. The zero-order valence-electron chi connectivity index (χ0n) is 11.0. The molecule has 2 heterocycles. The van der Waals surface area contributed by atoms with Crippen LogP contribution in [0.2, 0.25) is 0 Å². The number of amides is 1. The predicted octanol–water partition coefficient (Wildman–Crippen LogP) is 1.65. The van der Waals surface area contributed by atoms with Crippen molar-refractivity contribution >= 4 is 5.91 Å². The molecule has 1 aliphatic rings. The largest absolute Gasteiger partial charge is 0.455 e. The maximum atomic E-state index is 11.3. The fraction of sp³-hybridized carbons (Fsp3) is 0.615. The van der Waals surface area contributed by atoms with Gasteiger partial charge in [-0.15, -0.1) is 0 Å². The fourth-order valence-corrected chi connectivity index (χ4v) is 2.62. The lowest BCUT2D eigenvalue weighted by molar-refractivity contribution is 0.0838. The highest BCUT2D eigenvalue weighted by atomic mass is 16.4. The van der Waals surface area contributed by atoms with Gasteiger partial charge in [-0.05, 0) is 38.8 Å². The van der Waals surface area contributed by atoms with Gasteiger partial charge in [0.1, 0.15) is 5.76 Å². The van der Waals surface area contributed by atoms with E-state index >= 15 is 0 Å². The summed E-state index contributed by atoms with van der Waals surface area (Å²) in [5.41, 5.74) is 2.07. The SMILES string of the molecule is C[C@@H]1CCC[C@H](C)N1Cc1ccc(C(=O)NN)o1. The summed E-state index contributed by atoms with van der Waals surface area (Å²) < 4.78 is 5.50. The van der Waals surface area contributed by atoms with Crippen molar-refractivity contribution in [2.24, 2.45) is 5.84 Å². The van der Waals surface area contributed by atoms with Crippen LogP contribution in [0.1, 0.15) is 49.4 Å². The van der Waals surface area contributed by atoms with Crippen LogP contribution in [0, 0.1) is 0 Å². The maximum absolute atomic E-state index is 11.3. The van der Waals surface area contributed by atoms with Gasteiger partial charge in [-0.2, -0.15) is 0 Å². The number of nitrogens with zero attached hydrogens (tertiary/aromatic N) is 1. The number of hydrogen-bond donors (Lipinski definition) is 2. The molecule has 100 valence electrons. The zero-order valence-corrected chi connectivity index (χ0v) is 11.0. The van der Waals surface area contributed by atoms with Crippen LogP contribution in [-0.2, 0) is 6.54 Å². The molecule has 0 radical (unpaired) electrons. The average Bonchev–Trinajstić information content (AvgIpc) is 2.81. The topological polar surface area (TPSA) is 71.5 Å². The first-order valence-corrected chi connectivity index (χ1v) is 6.47. The van der Waals surface area contributed by atoms with E-state index in [4.69, 9.17) is 10.3 Å². The van der Waals surface area contributed by atoms with Crippen molar-refractivity contribution in [3.8, 4) is 0 Å². The Kier molecular flexibility index (Phi) is 4.04. The minimum absolute atomic E-state index is 0.268. The monoisotopic (exact) mass is 251 g/mol. The Hall–Kier alpha value is -1.33. The van der Waals surface area contributed by atoms with Crippen LogP contribution in [0.25, 0.3) is 0 Å². The van der Waals surface area contributed by atoms with Crippen LogP contribution >= 0.6 is 0 Å². The molecular formula is C13H21N3O2. The van der Waals surface area contributed by atoms with Crippen LogP contribution in [0.5, 0.6) is 0 Å². The maximum Gasteiger partial charge on any atom is 0.300 e. The van der Waals surface area contributed by atoms with Crippen molar-refractivity contribution in [2.75, 3.05) is 0 Å². The highest BCUT2D eigenvalue weighted by Gasteiger charge is 2.25. The van der Waals surface area contributed by atoms with Gasteiger partial charge in [0.2, 0.25) is 0 Å². The van der Waals surface area contributed by atoms with Crippen LogP contribution in [0.3, 0.4) is 0 Å². The molecule has 2 rings (SSSR count). The Balaban J connectivity index is 2.04. The number of piperidine rings is 1. The second-order valence-electron chi connectivity index (χ2n) is 5.04. The number of furan rings is 1. The van der Waals surface area contributed by atoms with Crippen molar-refractivity contribution in [3.63, 3.8) is 0 Å². The number of nitrogens with two attached hydrogens (primary N) is 1. The Morgan fingerprint density at radius 1 is 1.44 bits per heavy atom. The summed E-state index contributed by atoms with van der Waals surface area (Å²) in [6.07, 6.45) is 3.74. The van der Waals surface area contributed by atoms with Crippen molar-refractivity contribution in [1.82, 2.24) is 10.3 Å². The number of nitrogens with one attached hydrogen (secondary N) is 1. The number of carbonyl (C=O) groups is 1. The Bertz CT molecular complexity index is 406. The number of nitrogen functional groups attached to an aromatic ring is 1. The molecule has 2 atom stereocenters. The van der Waals surface area contributed by atoms with Gasteiger partial charge >= 0.3 is 5.91 Å². The lowest BCUT2D eigenvalue weighted by Crippen LogP contribution is -2.42. The van der Waals surface area contributed by atoms with E-state index in [1.165, 1.54) is 19.3 Å². The van der Waals surface area contributed by atoms with E-state index in [1.54, 1.807) is 6.07 Å². The molecule has 5 nitrogen and oxygen atoms in total. The zero-order chi connectivity index (χ0) is 13.1. The molecule has 0 spiro atoms. The third-order valence-corrected chi connectivity index (χ3v) is 3.73. The quantitative estimate of drug-likeness (QED) is 0.487. The number of carbonyl (C=O) groups excluding carboxylic acids is 1. The minimum Gasteiger partial charge on any atom is -0.455 e. The summed E-state index contributed by atoms with van der Waals surface area (Å²) in [5, 5.41) is 0. The van der Waals surface area contributed by atoms with E-state index in [-0.39, 0.29) is 11.7 Å². The molecule has 1 fully saturated rings. The molecule has 0 saturated carbocycles. The molecule has 0 aliphatic carbocycles. The normalized spacial score (nSPS) is 25.1. The third kappa shape index (κ3) is 2.73. The summed E-state index contributed by atoms with van der Waals surface area (Å²) in [5.74, 6) is 5.77. The van der Waals surface area contributed by atoms with Crippen LogP contribution < -0.4 is 11.3 Å². The second-order valence-corrected chi connectivity index (χ2v) is 5.04. The van der Waals surface area contributed by atoms with Gasteiger partial charge in [0.05, 0.1) is 6.54 Å². The second kappa shape index (κ2) is 5.54. The number of hydrogen-bond acceptors (Lipinski definition) is 4. The van der Waals surface area contributed by atoms with Gasteiger partial charge in [-0.25, -0.2) is 5.84 Å². The highest BCUT2D eigenvalue weighted by Crippen LogP contribution is 2.25. The molecule has 0 unspecified atom stereocenters. The van der Waals surface area contributed by atoms with Crippen molar-refractivity contribution < 1.29 is 9.21 Å². The van der Waals surface area contributed by atoms with E-state index in [2.05, 4.69) is 24.2 Å². The summed E-state index contributed by atoms with van der Waals surface area (Å²) in [6, 6.07) is 4.63. The number of hydrazine groups is 1. The molecule has 0 bridgehead atoms. The van der Waals surface area contributed by atoms with E-state index in [0.717, 1.165) is 12.3 Å². The lowest BCUT2D eigenvalue weighted by Gasteiger charge is -2.38. The lowest BCUT2D eigenvalue weighted by atomic mass is 9.97. The fourth-order valence-electron chi connectivity index (χ4n) is 2.62. The number of rotatable bonds is 3. The van der Waals surface area contributed by atoms with E-state index in [0.29, 0.717) is 12.1 Å². The first-order chi connectivity index (χ1) is 8.61. The number of likely N-dealkylation sites (tertiary alicyclic amines) is 1. The molecule has 0 aromatic carbocycles. The van der Waals surface area contributed by atoms with E-state index in [9.17, 15) is 4.79 Å². The van der Waals surface area contributed by atoms with Gasteiger partial charge in [0.25, 0.3) is 0 Å². The first kappa shape index (κ1) is 13.1. The molecular weight excluding hydrogens is 230 g/mol. The smallest absolute Gasteiger partial charge is 0.300 e. The van der Waals surface area contributed by atoms with E-state index in [1.807, 2.05) is 6.07 Å². The third-order valence-electron chi connectivity index (χ3n) is 3.73. The molecule has 1 aromatic heterocycles.